The van der Waals surface area contributed by atoms with Crippen LogP contribution in [0.1, 0.15) is 11.1 Å². The van der Waals surface area contributed by atoms with Crippen LogP contribution in [0.2, 0.25) is 0 Å². The molecule has 1 aliphatic rings. The average Bonchev–Trinajstić information content (AvgIpc) is 2.87. The maximum atomic E-state index is 13.1. The summed E-state index contributed by atoms with van der Waals surface area (Å²) in [5.41, 5.74) is 3.23. The van der Waals surface area contributed by atoms with Gasteiger partial charge >= 0.3 is 0 Å². The normalized spacial score (nSPS) is 15.3. The molecular formula is C27H27FN4O2S. The third-order valence-electron chi connectivity index (χ3n) is 6.28. The number of fused-ring (bicyclic) bond motifs is 1. The van der Waals surface area contributed by atoms with Gasteiger partial charge in [0.25, 0.3) is 10.0 Å². The van der Waals surface area contributed by atoms with E-state index in [1.807, 2.05) is 36.4 Å². The van der Waals surface area contributed by atoms with E-state index in [4.69, 9.17) is 0 Å². The zero-order valence-corrected chi connectivity index (χ0v) is 20.1. The van der Waals surface area contributed by atoms with E-state index < -0.39 is 10.0 Å². The van der Waals surface area contributed by atoms with Crippen molar-refractivity contribution in [3.63, 3.8) is 0 Å². The molecule has 0 saturated carbocycles. The molecule has 1 N–H and O–H groups in total. The molecule has 5 rings (SSSR count). The second-order valence-electron chi connectivity index (χ2n) is 8.81. The fraction of sp³-hybridized carbons (Fsp3) is 0.222. The molecule has 2 heterocycles. The number of benzene rings is 3. The summed E-state index contributed by atoms with van der Waals surface area (Å²) >= 11 is 0. The first-order valence-electron chi connectivity index (χ1n) is 11.6. The van der Waals surface area contributed by atoms with Crippen LogP contribution in [0.15, 0.2) is 90.0 Å². The van der Waals surface area contributed by atoms with Crippen molar-refractivity contribution < 1.29 is 12.8 Å². The summed E-state index contributed by atoms with van der Waals surface area (Å²) in [7, 11) is -3.76. The van der Waals surface area contributed by atoms with Crippen molar-refractivity contribution in [2.75, 3.05) is 30.9 Å². The minimum Gasteiger partial charge on any atom is -0.297 e. The highest BCUT2D eigenvalue weighted by atomic mass is 32.2. The van der Waals surface area contributed by atoms with Crippen molar-refractivity contribution in [1.29, 1.82) is 0 Å². The summed E-state index contributed by atoms with van der Waals surface area (Å²) in [5.74, 6) is -0.206. The van der Waals surface area contributed by atoms with E-state index >= 15 is 0 Å². The smallest absolute Gasteiger partial charge is 0.264 e. The maximum absolute atomic E-state index is 13.1. The summed E-state index contributed by atoms with van der Waals surface area (Å²) in [6, 6.07) is 23.0. The largest absolute Gasteiger partial charge is 0.297 e. The Kier molecular flexibility index (Phi) is 6.77. The number of nitrogens with one attached hydrogen (secondary N) is 1. The molecule has 35 heavy (non-hydrogen) atoms. The van der Waals surface area contributed by atoms with E-state index in [1.165, 1.54) is 12.1 Å². The van der Waals surface area contributed by atoms with Gasteiger partial charge in [-0.15, -0.1) is 0 Å². The van der Waals surface area contributed by atoms with E-state index in [0.29, 0.717) is 11.2 Å². The number of para-hydroxylation sites is 1. The lowest BCUT2D eigenvalue weighted by Crippen LogP contribution is -2.45. The fourth-order valence-electron chi connectivity index (χ4n) is 4.39. The maximum Gasteiger partial charge on any atom is 0.264 e. The number of pyridine rings is 1. The van der Waals surface area contributed by atoms with Gasteiger partial charge in [-0.1, -0.05) is 42.5 Å². The fourth-order valence-corrected chi connectivity index (χ4v) is 5.63. The molecule has 4 aromatic rings. The number of piperazine rings is 1. The SMILES string of the molecule is O=S(=O)(Nc1ccc(CN2CCN(Cc3ccc(F)cc3)CC2)cc1)c1cccc2cccnc12. The van der Waals surface area contributed by atoms with Gasteiger partial charge in [0, 0.05) is 56.5 Å². The molecule has 0 aliphatic carbocycles. The number of hydrogen-bond acceptors (Lipinski definition) is 5. The highest BCUT2D eigenvalue weighted by Crippen LogP contribution is 2.23. The molecule has 0 bridgehead atoms. The molecule has 1 aliphatic heterocycles. The predicted molar refractivity (Wildman–Crippen MR) is 136 cm³/mol. The Morgan fingerprint density at radius 3 is 1.97 bits per heavy atom. The van der Waals surface area contributed by atoms with E-state index in [1.54, 1.807) is 36.5 Å². The standard InChI is InChI=1S/C27H27FN4O2S/c28-24-10-6-21(7-11-24)19-31-15-17-32(18-16-31)20-22-8-12-25(13-9-22)30-35(33,34)26-5-1-3-23-4-2-14-29-27(23)26/h1-14,30H,15-20H2. The van der Waals surface area contributed by atoms with Crippen LogP contribution in [0.5, 0.6) is 0 Å². The second kappa shape index (κ2) is 10.1. The van der Waals surface area contributed by atoms with Gasteiger partial charge in [0.1, 0.15) is 10.7 Å². The van der Waals surface area contributed by atoms with Crippen LogP contribution in [-0.4, -0.2) is 49.4 Å². The Morgan fingerprint density at radius 2 is 1.34 bits per heavy atom. The number of anilines is 1. The lowest BCUT2D eigenvalue weighted by Gasteiger charge is -2.34. The van der Waals surface area contributed by atoms with Crippen molar-refractivity contribution >= 4 is 26.6 Å². The van der Waals surface area contributed by atoms with E-state index in [0.717, 1.165) is 55.8 Å². The zero-order chi connectivity index (χ0) is 24.3. The minimum atomic E-state index is -3.76. The number of nitrogens with zero attached hydrogens (tertiary/aromatic N) is 3. The highest BCUT2D eigenvalue weighted by molar-refractivity contribution is 7.93. The summed E-state index contributed by atoms with van der Waals surface area (Å²) in [4.78, 5) is 9.19. The summed E-state index contributed by atoms with van der Waals surface area (Å²) in [5, 5.41) is 0.781. The quantitative estimate of drug-likeness (QED) is 0.414. The Balaban J connectivity index is 1.17. The first-order chi connectivity index (χ1) is 17.0. The third kappa shape index (κ3) is 5.67. The number of hydrogen-bond donors (Lipinski definition) is 1. The molecule has 0 unspecified atom stereocenters. The van der Waals surface area contributed by atoms with Crippen LogP contribution in [0.4, 0.5) is 10.1 Å². The number of sulfonamides is 1. The van der Waals surface area contributed by atoms with Gasteiger partial charge in [-0.3, -0.25) is 19.5 Å². The molecular weight excluding hydrogens is 463 g/mol. The topological polar surface area (TPSA) is 65.5 Å². The Labute approximate surface area is 205 Å². The van der Waals surface area contributed by atoms with Crippen molar-refractivity contribution in [3.8, 4) is 0 Å². The minimum absolute atomic E-state index is 0.165. The average molecular weight is 491 g/mol. The molecule has 1 fully saturated rings. The molecule has 1 aromatic heterocycles. The molecule has 0 spiro atoms. The summed E-state index contributed by atoms with van der Waals surface area (Å²) < 4.78 is 41.8. The van der Waals surface area contributed by atoms with Gasteiger partial charge in [-0.2, -0.15) is 0 Å². The Morgan fingerprint density at radius 1 is 0.771 bits per heavy atom. The molecule has 1 saturated heterocycles. The van der Waals surface area contributed by atoms with Crippen LogP contribution in [0.3, 0.4) is 0 Å². The van der Waals surface area contributed by atoms with Crippen molar-refractivity contribution in [2.45, 2.75) is 18.0 Å². The van der Waals surface area contributed by atoms with E-state index in [2.05, 4.69) is 19.5 Å². The second-order valence-corrected chi connectivity index (χ2v) is 10.5. The lowest BCUT2D eigenvalue weighted by atomic mass is 10.1. The van der Waals surface area contributed by atoms with Gasteiger partial charge in [-0.05, 0) is 47.5 Å². The molecule has 180 valence electrons. The molecule has 6 nitrogen and oxygen atoms in total. The monoisotopic (exact) mass is 490 g/mol. The van der Waals surface area contributed by atoms with Crippen LogP contribution in [0, 0.1) is 5.82 Å². The van der Waals surface area contributed by atoms with Gasteiger partial charge in [-0.25, -0.2) is 12.8 Å². The Hall–Kier alpha value is -3.33. The Bertz CT molecular complexity index is 1400. The highest BCUT2D eigenvalue weighted by Gasteiger charge is 2.19. The predicted octanol–water partition coefficient (Wildman–Crippen LogP) is 4.49. The van der Waals surface area contributed by atoms with Crippen molar-refractivity contribution in [2.24, 2.45) is 0 Å². The van der Waals surface area contributed by atoms with Gasteiger partial charge in [0.05, 0.1) is 5.52 Å². The van der Waals surface area contributed by atoms with Crippen molar-refractivity contribution in [3.05, 3.63) is 102 Å². The van der Waals surface area contributed by atoms with Crippen LogP contribution in [0.25, 0.3) is 10.9 Å². The molecule has 0 atom stereocenters. The van der Waals surface area contributed by atoms with Crippen LogP contribution < -0.4 is 4.72 Å². The first kappa shape index (κ1) is 23.4. The number of rotatable bonds is 7. The van der Waals surface area contributed by atoms with Gasteiger partial charge in [0.2, 0.25) is 0 Å². The molecule has 0 amide bonds. The molecule has 3 aromatic carbocycles. The third-order valence-corrected chi connectivity index (χ3v) is 7.69. The van der Waals surface area contributed by atoms with E-state index in [-0.39, 0.29) is 10.7 Å². The summed E-state index contributed by atoms with van der Waals surface area (Å²) in [6.07, 6.45) is 1.60. The number of halogens is 1. The van der Waals surface area contributed by atoms with E-state index in [9.17, 15) is 12.8 Å². The number of aromatic nitrogens is 1. The van der Waals surface area contributed by atoms with Crippen LogP contribution >= 0.6 is 0 Å². The van der Waals surface area contributed by atoms with Crippen molar-refractivity contribution in [1.82, 2.24) is 14.8 Å². The van der Waals surface area contributed by atoms with Crippen LogP contribution in [-0.2, 0) is 23.1 Å². The zero-order valence-electron chi connectivity index (χ0n) is 19.3. The van der Waals surface area contributed by atoms with Gasteiger partial charge in [0.15, 0.2) is 0 Å². The summed E-state index contributed by atoms with van der Waals surface area (Å²) in [6.45, 7) is 5.44. The first-order valence-corrected chi connectivity index (χ1v) is 13.1. The lowest BCUT2D eigenvalue weighted by molar-refractivity contribution is 0.122. The molecule has 8 heteroatoms. The molecule has 0 radical (unpaired) electrons. The van der Waals surface area contributed by atoms with Gasteiger partial charge < -0.3 is 0 Å².